The van der Waals surface area contributed by atoms with Gasteiger partial charge in [0.2, 0.25) is 0 Å². The van der Waals surface area contributed by atoms with E-state index in [2.05, 4.69) is 21.2 Å². The van der Waals surface area contributed by atoms with Crippen molar-refractivity contribution in [2.45, 2.75) is 18.2 Å². The average molecular weight is 354 g/mol. The maximum absolute atomic E-state index is 13.1. The number of rotatable bonds is 4. The van der Waals surface area contributed by atoms with Crippen molar-refractivity contribution in [3.63, 3.8) is 0 Å². The van der Waals surface area contributed by atoms with Gasteiger partial charge in [0.05, 0.1) is 5.69 Å². The van der Waals surface area contributed by atoms with Crippen LogP contribution in [0, 0.1) is 5.82 Å². The number of hydrogen-bond acceptors (Lipinski definition) is 4. The van der Waals surface area contributed by atoms with E-state index in [9.17, 15) is 17.6 Å². The first-order chi connectivity index (χ1) is 8.77. The van der Waals surface area contributed by atoms with E-state index in [1.54, 1.807) is 0 Å². The van der Waals surface area contributed by atoms with Crippen LogP contribution in [0.5, 0.6) is 0 Å². The molecule has 0 aliphatic heterocycles. The van der Waals surface area contributed by atoms with Crippen LogP contribution < -0.4 is 15.8 Å². The largest absolute Gasteiger partial charge is 0.396 e. The van der Waals surface area contributed by atoms with E-state index in [4.69, 9.17) is 5.73 Å². The molecule has 0 saturated heterocycles. The van der Waals surface area contributed by atoms with E-state index in [1.807, 2.05) is 11.6 Å². The smallest absolute Gasteiger partial charge is 0.328 e. The van der Waals surface area contributed by atoms with Gasteiger partial charge in [0.15, 0.2) is 0 Å². The molecule has 0 spiro atoms. The van der Waals surface area contributed by atoms with Crippen molar-refractivity contribution in [2.75, 3.05) is 12.3 Å². The first-order valence-electron chi connectivity index (χ1n) is 5.33. The van der Waals surface area contributed by atoms with Gasteiger partial charge in [-0.2, -0.15) is 0 Å². The zero-order valence-electron chi connectivity index (χ0n) is 10.0. The number of amides is 2. The van der Waals surface area contributed by atoms with Crippen LogP contribution in [-0.2, 0) is 10.0 Å². The third-order valence-electron chi connectivity index (χ3n) is 2.10. The summed E-state index contributed by atoms with van der Waals surface area (Å²) in [6.07, 6.45) is 0.667. The lowest BCUT2D eigenvalue weighted by molar-refractivity contribution is 0.246. The SMILES string of the molecule is CCCNC(=O)NS(=O)(=O)c1cc(N)c(F)cc1Br. The van der Waals surface area contributed by atoms with E-state index in [0.29, 0.717) is 13.0 Å². The molecule has 0 fully saturated rings. The molecular formula is C10H13BrFN3O3S. The fourth-order valence-electron chi connectivity index (χ4n) is 1.20. The summed E-state index contributed by atoms with van der Waals surface area (Å²) in [5.74, 6) is -0.749. The molecule has 19 heavy (non-hydrogen) atoms. The standard InChI is InChI=1S/C10H13BrFN3O3S/c1-2-3-14-10(16)15-19(17,18)9-5-8(13)7(12)4-6(9)11/h4-5H,2-3,13H2,1H3,(H2,14,15,16). The van der Waals surface area contributed by atoms with Crippen LogP contribution in [-0.4, -0.2) is 21.0 Å². The van der Waals surface area contributed by atoms with Crippen LogP contribution in [0.3, 0.4) is 0 Å². The van der Waals surface area contributed by atoms with E-state index in [1.165, 1.54) is 0 Å². The Kier molecular flexibility index (Phi) is 5.12. The number of anilines is 1. The molecule has 0 saturated carbocycles. The van der Waals surface area contributed by atoms with Gasteiger partial charge in [-0.15, -0.1) is 0 Å². The highest BCUT2D eigenvalue weighted by atomic mass is 79.9. The minimum Gasteiger partial charge on any atom is -0.396 e. The number of carbonyl (C=O) groups excluding carboxylic acids is 1. The second-order valence-electron chi connectivity index (χ2n) is 3.67. The molecule has 6 nitrogen and oxygen atoms in total. The molecule has 1 rings (SSSR count). The highest BCUT2D eigenvalue weighted by Gasteiger charge is 2.22. The number of benzene rings is 1. The second kappa shape index (κ2) is 6.20. The summed E-state index contributed by atoms with van der Waals surface area (Å²) in [7, 11) is -4.12. The van der Waals surface area contributed by atoms with Gasteiger partial charge >= 0.3 is 6.03 Å². The van der Waals surface area contributed by atoms with Gasteiger partial charge in [0.1, 0.15) is 10.7 Å². The lowest BCUT2D eigenvalue weighted by atomic mass is 10.3. The van der Waals surface area contributed by atoms with Crippen molar-refractivity contribution in [2.24, 2.45) is 0 Å². The van der Waals surface area contributed by atoms with Crippen molar-refractivity contribution < 1.29 is 17.6 Å². The molecule has 0 unspecified atom stereocenters. The number of nitrogen functional groups attached to an aromatic ring is 1. The van der Waals surface area contributed by atoms with E-state index < -0.39 is 21.9 Å². The molecule has 0 bridgehead atoms. The zero-order chi connectivity index (χ0) is 14.6. The summed E-state index contributed by atoms with van der Waals surface area (Å²) in [5, 5.41) is 2.35. The number of hydrogen-bond donors (Lipinski definition) is 3. The Morgan fingerprint density at radius 3 is 2.68 bits per heavy atom. The first-order valence-corrected chi connectivity index (χ1v) is 7.60. The van der Waals surface area contributed by atoms with Gasteiger partial charge in [-0.25, -0.2) is 22.3 Å². The topological polar surface area (TPSA) is 101 Å². The quantitative estimate of drug-likeness (QED) is 0.715. The zero-order valence-corrected chi connectivity index (χ0v) is 12.4. The van der Waals surface area contributed by atoms with Gasteiger partial charge in [-0.05, 0) is 34.5 Å². The second-order valence-corrected chi connectivity index (χ2v) is 6.17. The Morgan fingerprint density at radius 2 is 2.11 bits per heavy atom. The number of nitrogens with one attached hydrogen (secondary N) is 2. The maximum atomic E-state index is 13.1. The maximum Gasteiger partial charge on any atom is 0.328 e. The Hall–Kier alpha value is -1.35. The van der Waals surface area contributed by atoms with Crippen molar-refractivity contribution in [1.82, 2.24) is 10.0 Å². The highest BCUT2D eigenvalue weighted by Crippen LogP contribution is 2.26. The van der Waals surface area contributed by atoms with Crippen molar-refractivity contribution >= 4 is 37.7 Å². The molecular weight excluding hydrogens is 341 g/mol. The number of urea groups is 1. The predicted octanol–water partition coefficient (Wildman–Crippen LogP) is 1.57. The van der Waals surface area contributed by atoms with Crippen molar-refractivity contribution in [3.8, 4) is 0 Å². The molecule has 0 heterocycles. The van der Waals surface area contributed by atoms with Gasteiger partial charge < -0.3 is 11.1 Å². The molecule has 9 heteroatoms. The molecule has 0 atom stereocenters. The van der Waals surface area contributed by atoms with Crippen LogP contribution in [0.2, 0.25) is 0 Å². The number of halogens is 2. The summed E-state index contributed by atoms with van der Waals surface area (Å²) in [5.41, 5.74) is 4.99. The summed E-state index contributed by atoms with van der Waals surface area (Å²) in [4.78, 5) is 11.0. The molecule has 106 valence electrons. The number of carbonyl (C=O) groups is 1. The molecule has 0 aliphatic rings. The van der Waals surface area contributed by atoms with Crippen LogP contribution in [0.1, 0.15) is 13.3 Å². The van der Waals surface area contributed by atoms with Crippen LogP contribution in [0.4, 0.5) is 14.9 Å². The van der Waals surface area contributed by atoms with E-state index >= 15 is 0 Å². The van der Waals surface area contributed by atoms with Crippen LogP contribution in [0.15, 0.2) is 21.5 Å². The van der Waals surface area contributed by atoms with Crippen LogP contribution >= 0.6 is 15.9 Å². The minimum atomic E-state index is -4.12. The lowest BCUT2D eigenvalue weighted by Gasteiger charge is -2.10. The van der Waals surface area contributed by atoms with Crippen molar-refractivity contribution in [1.29, 1.82) is 0 Å². The van der Waals surface area contributed by atoms with Gasteiger partial charge in [-0.1, -0.05) is 6.92 Å². The monoisotopic (exact) mass is 353 g/mol. The van der Waals surface area contributed by atoms with Gasteiger partial charge in [0, 0.05) is 11.0 Å². The Balaban J connectivity index is 3.01. The average Bonchev–Trinajstić information content (AvgIpc) is 2.30. The normalized spacial score (nSPS) is 11.1. The predicted molar refractivity (Wildman–Crippen MR) is 72.5 cm³/mol. The number of nitrogens with two attached hydrogens (primary N) is 1. The molecule has 0 aliphatic carbocycles. The number of sulfonamides is 1. The Bertz CT molecular complexity index is 592. The van der Waals surface area contributed by atoms with E-state index in [0.717, 1.165) is 12.1 Å². The third-order valence-corrected chi connectivity index (χ3v) is 4.39. The van der Waals surface area contributed by atoms with Crippen LogP contribution in [0.25, 0.3) is 0 Å². The minimum absolute atomic E-state index is 0.0185. The van der Waals surface area contributed by atoms with Gasteiger partial charge in [-0.3, -0.25) is 0 Å². The molecule has 1 aromatic carbocycles. The van der Waals surface area contributed by atoms with Gasteiger partial charge in [0.25, 0.3) is 10.0 Å². The molecule has 4 N–H and O–H groups in total. The lowest BCUT2D eigenvalue weighted by Crippen LogP contribution is -2.39. The summed E-state index contributed by atoms with van der Waals surface area (Å²) in [6, 6.07) is 1.01. The molecule has 2 amide bonds. The molecule has 0 radical (unpaired) electrons. The molecule has 0 aromatic heterocycles. The summed E-state index contributed by atoms with van der Waals surface area (Å²) < 4.78 is 38.7. The fourth-order valence-corrected chi connectivity index (χ4v) is 3.18. The Morgan fingerprint density at radius 1 is 1.47 bits per heavy atom. The summed E-state index contributed by atoms with van der Waals surface area (Å²) in [6.45, 7) is 2.17. The first kappa shape index (κ1) is 15.7. The summed E-state index contributed by atoms with van der Waals surface area (Å²) >= 11 is 2.91. The third kappa shape index (κ3) is 4.06. The molecule has 1 aromatic rings. The highest BCUT2D eigenvalue weighted by molar-refractivity contribution is 9.10. The fraction of sp³-hybridized carbons (Fsp3) is 0.300. The van der Waals surface area contributed by atoms with E-state index in [-0.39, 0.29) is 15.1 Å². The Labute approximate surface area is 118 Å². The van der Waals surface area contributed by atoms with Crippen molar-refractivity contribution in [3.05, 3.63) is 22.4 Å².